The van der Waals surface area contributed by atoms with Crippen LogP contribution >= 0.6 is 0 Å². The summed E-state index contributed by atoms with van der Waals surface area (Å²) in [7, 11) is 0. The molecule has 1 saturated carbocycles. The zero-order chi connectivity index (χ0) is 21.6. The molecule has 0 radical (unpaired) electrons. The van der Waals surface area contributed by atoms with Crippen molar-refractivity contribution in [3.8, 4) is 11.5 Å². The second-order valence-electron chi connectivity index (χ2n) is 9.84. The summed E-state index contributed by atoms with van der Waals surface area (Å²) < 4.78 is 23.3. The van der Waals surface area contributed by atoms with Crippen molar-refractivity contribution in [3.63, 3.8) is 0 Å². The standard InChI is InChI=1S/C26H30O5/c1-25(2)23-12-20-11-19(10-17-5-8-28-14-17)21(30-16-18-6-9-29-15-18)13-22(20)31-26(23,3)7-4-24(25)27/h5-6,8-9,11,13-15,23-24,27H,4,7,10,12,16H2,1-3H3/t23-,24-,26-/m1/s1. The van der Waals surface area contributed by atoms with Crippen LogP contribution < -0.4 is 9.47 Å². The summed E-state index contributed by atoms with van der Waals surface area (Å²) in [5, 5.41) is 10.7. The first kappa shape index (κ1) is 20.3. The maximum Gasteiger partial charge on any atom is 0.127 e. The lowest BCUT2D eigenvalue weighted by atomic mass is 9.57. The van der Waals surface area contributed by atoms with Crippen molar-refractivity contribution in [1.82, 2.24) is 0 Å². The van der Waals surface area contributed by atoms with E-state index in [2.05, 4.69) is 26.8 Å². The molecule has 31 heavy (non-hydrogen) atoms. The zero-order valence-electron chi connectivity index (χ0n) is 18.4. The van der Waals surface area contributed by atoms with E-state index in [1.807, 2.05) is 18.2 Å². The van der Waals surface area contributed by atoms with Crippen LogP contribution in [-0.4, -0.2) is 16.8 Å². The van der Waals surface area contributed by atoms with Gasteiger partial charge in [-0.1, -0.05) is 13.8 Å². The summed E-state index contributed by atoms with van der Waals surface area (Å²) in [5.41, 5.74) is 3.88. The predicted molar refractivity (Wildman–Crippen MR) is 116 cm³/mol. The van der Waals surface area contributed by atoms with Crippen LogP contribution in [0.2, 0.25) is 0 Å². The highest BCUT2D eigenvalue weighted by Gasteiger charge is 2.54. The Morgan fingerprint density at radius 1 is 1.06 bits per heavy atom. The van der Waals surface area contributed by atoms with Crippen LogP contribution in [0.4, 0.5) is 0 Å². The monoisotopic (exact) mass is 422 g/mol. The molecule has 5 rings (SSSR count). The Morgan fingerprint density at radius 2 is 1.81 bits per heavy atom. The summed E-state index contributed by atoms with van der Waals surface area (Å²) in [6, 6.07) is 8.15. The Morgan fingerprint density at radius 3 is 2.52 bits per heavy atom. The predicted octanol–water partition coefficient (Wildman–Crippen LogP) is 5.53. The topological polar surface area (TPSA) is 65.0 Å². The second kappa shape index (κ2) is 7.49. The molecule has 3 aromatic rings. The van der Waals surface area contributed by atoms with Crippen LogP contribution in [0, 0.1) is 11.3 Å². The molecular weight excluding hydrogens is 392 g/mol. The number of hydrogen-bond acceptors (Lipinski definition) is 5. The molecular formula is C26H30O5. The highest BCUT2D eigenvalue weighted by Crippen LogP contribution is 2.53. The number of fused-ring (bicyclic) bond motifs is 2. The third kappa shape index (κ3) is 3.65. The number of furan rings is 2. The molecule has 5 heteroatoms. The van der Waals surface area contributed by atoms with Crippen LogP contribution in [0.3, 0.4) is 0 Å². The minimum absolute atomic E-state index is 0.203. The first-order chi connectivity index (χ1) is 14.8. The maximum absolute atomic E-state index is 10.7. The SMILES string of the molecule is CC1(C)[C@H](O)CC[C@@]2(C)Oc3cc(OCc4ccoc4)c(Cc4ccoc4)cc3C[C@H]12. The van der Waals surface area contributed by atoms with Crippen molar-refractivity contribution in [2.24, 2.45) is 11.3 Å². The van der Waals surface area contributed by atoms with Gasteiger partial charge in [0.15, 0.2) is 0 Å². The van der Waals surface area contributed by atoms with E-state index in [4.69, 9.17) is 18.3 Å². The summed E-state index contributed by atoms with van der Waals surface area (Å²) in [5.74, 6) is 1.96. The Balaban J connectivity index is 1.50. The fourth-order valence-corrected chi connectivity index (χ4v) is 5.39. The molecule has 3 heterocycles. The highest BCUT2D eigenvalue weighted by molar-refractivity contribution is 5.50. The quantitative estimate of drug-likeness (QED) is 0.585. The molecule has 5 nitrogen and oxygen atoms in total. The molecule has 3 atom stereocenters. The third-order valence-electron chi connectivity index (χ3n) is 7.37. The van der Waals surface area contributed by atoms with E-state index in [1.54, 1.807) is 25.1 Å². The van der Waals surface area contributed by atoms with Gasteiger partial charge in [0, 0.05) is 24.0 Å². The number of aliphatic hydroxyl groups is 1. The van der Waals surface area contributed by atoms with E-state index in [-0.39, 0.29) is 23.0 Å². The van der Waals surface area contributed by atoms with E-state index in [1.165, 1.54) is 5.56 Å². The maximum atomic E-state index is 10.7. The Kier molecular flexibility index (Phi) is 4.89. The summed E-state index contributed by atoms with van der Waals surface area (Å²) >= 11 is 0. The van der Waals surface area contributed by atoms with E-state index in [0.717, 1.165) is 53.9 Å². The first-order valence-corrected chi connectivity index (χ1v) is 11.0. The van der Waals surface area contributed by atoms with Gasteiger partial charge in [-0.25, -0.2) is 0 Å². The average Bonchev–Trinajstić information content (AvgIpc) is 3.43. The minimum Gasteiger partial charge on any atom is -0.488 e. The van der Waals surface area contributed by atoms with Gasteiger partial charge in [0.2, 0.25) is 0 Å². The van der Waals surface area contributed by atoms with E-state index < -0.39 is 0 Å². The Bertz CT molecular complexity index is 1030. The third-order valence-corrected chi connectivity index (χ3v) is 7.37. The average molecular weight is 423 g/mol. The van der Waals surface area contributed by atoms with Crippen molar-refractivity contribution in [2.45, 2.75) is 64.8 Å². The number of ether oxygens (including phenoxy) is 2. The van der Waals surface area contributed by atoms with Crippen LogP contribution in [0.25, 0.3) is 0 Å². The molecule has 2 aliphatic rings. The van der Waals surface area contributed by atoms with E-state index in [0.29, 0.717) is 6.61 Å². The van der Waals surface area contributed by atoms with Crippen molar-refractivity contribution in [3.05, 3.63) is 71.6 Å². The lowest BCUT2D eigenvalue weighted by Gasteiger charge is -2.55. The molecule has 0 saturated heterocycles. The van der Waals surface area contributed by atoms with Gasteiger partial charge >= 0.3 is 0 Å². The van der Waals surface area contributed by atoms with Gasteiger partial charge in [0.25, 0.3) is 0 Å². The fraction of sp³-hybridized carbons (Fsp3) is 0.462. The molecule has 0 bridgehead atoms. The molecule has 1 aliphatic carbocycles. The molecule has 1 fully saturated rings. The number of benzene rings is 1. The van der Waals surface area contributed by atoms with Crippen LogP contribution in [-0.2, 0) is 19.4 Å². The van der Waals surface area contributed by atoms with E-state index in [9.17, 15) is 5.11 Å². The van der Waals surface area contributed by atoms with Gasteiger partial charge in [0.05, 0.1) is 31.2 Å². The minimum atomic E-state index is -0.307. The normalized spacial score (nSPS) is 26.6. The lowest BCUT2D eigenvalue weighted by molar-refractivity contribution is -0.137. The molecule has 164 valence electrons. The van der Waals surface area contributed by atoms with E-state index >= 15 is 0 Å². The van der Waals surface area contributed by atoms with Crippen molar-refractivity contribution >= 4 is 0 Å². The lowest BCUT2D eigenvalue weighted by Crippen LogP contribution is -2.58. The second-order valence-corrected chi connectivity index (χ2v) is 9.84. The number of hydrogen-bond donors (Lipinski definition) is 1. The van der Waals surface area contributed by atoms with Gasteiger partial charge in [-0.05, 0) is 66.5 Å². The van der Waals surface area contributed by atoms with Gasteiger partial charge in [-0.3, -0.25) is 0 Å². The van der Waals surface area contributed by atoms with Crippen LogP contribution in [0.1, 0.15) is 55.9 Å². The molecule has 2 aromatic heterocycles. The Labute approximate surface area is 183 Å². The molecule has 1 aliphatic heterocycles. The summed E-state index contributed by atoms with van der Waals surface area (Å²) in [4.78, 5) is 0. The van der Waals surface area contributed by atoms with Crippen molar-refractivity contribution < 1.29 is 23.4 Å². The molecule has 0 amide bonds. The van der Waals surface area contributed by atoms with Crippen molar-refractivity contribution in [1.29, 1.82) is 0 Å². The molecule has 0 spiro atoms. The van der Waals surface area contributed by atoms with Gasteiger partial charge in [-0.15, -0.1) is 0 Å². The van der Waals surface area contributed by atoms with Crippen LogP contribution in [0.15, 0.2) is 58.2 Å². The van der Waals surface area contributed by atoms with Gasteiger partial charge in [0.1, 0.15) is 23.7 Å². The van der Waals surface area contributed by atoms with Crippen LogP contribution in [0.5, 0.6) is 11.5 Å². The Hall–Kier alpha value is -2.66. The molecule has 0 unspecified atom stereocenters. The number of rotatable bonds is 5. The summed E-state index contributed by atoms with van der Waals surface area (Å²) in [6.45, 7) is 6.97. The zero-order valence-corrected chi connectivity index (χ0v) is 18.4. The largest absolute Gasteiger partial charge is 0.488 e. The van der Waals surface area contributed by atoms with Crippen molar-refractivity contribution in [2.75, 3.05) is 0 Å². The highest BCUT2D eigenvalue weighted by atomic mass is 16.5. The number of aliphatic hydroxyl groups excluding tert-OH is 1. The fourth-order valence-electron chi connectivity index (χ4n) is 5.39. The molecule has 1 aromatic carbocycles. The smallest absolute Gasteiger partial charge is 0.127 e. The molecule has 1 N–H and O–H groups in total. The van der Waals surface area contributed by atoms with Gasteiger partial charge in [-0.2, -0.15) is 0 Å². The van der Waals surface area contributed by atoms with Gasteiger partial charge < -0.3 is 23.4 Å². The summed E-state index contributed by atoms with van der Waals surface area (Å²) in [6.07, 6.45) is 9.73. The first-order valence-electron chi connectivity index (χ1n) is 11.0.